The van der Waals surface area contributed by atoms with Crippen LogP contribution in [-0.4, -0.2) is 0 Å². The molecule has 0 nitrogen and oxygen atoms in total. The van der Waals surface area contributed by atoms with Gasteiger partial charge in [0.1, 0.15) is 0 Å². The van der Waals surface area contributed by atoms with Gasteiger partial charge in [-0.3, -0.25) is 0 Å². The Morgan fingerprint density at radius 1 is 1.25 bits per heavy atom. The first-order valence-electron chi connectivity index (χ1n) is 3.62. The lowest BCUT2D eigenvalue weighted by molar-refractivity contribution is 0.0175. The van der Waals surface area contributed by atoms with E-state index in [0.29, 0.717) is 5.75 Å². The molecule has 3 heteroatoms. The molecule has 0 N–H and O–H groups in total. The number of hydrogen-bond acceptors (Lipinski definition) is 1. The first-order chi connectivity index (χ1) is 5.54. The maximum Gasteiger partial charge on any atom is 0.270 e. The zero-order valence-electron chi connectivity index (χ0n) is 6.72. The lowest BCUT2D eigenvalue weighted by atomic mass is 10.1. The molecule has 0 radical (unpaired) electrons. The molecule has 0 spiro atoms. The normalized spacial score (nSPS) is 11.7. The van der Waals surface area contributed by atoms with Crippen molar-refractivity contribution in [1.29, 1.82) is 0 Å². The summed E-state index contributed by atoms with van der Waals surface area (Å²) in [4.78, 5) is 0. The Labute approximate surface area is 76.0 Å². The van der Waals surface area contributed by atoms with Crippen molar-refractivity contribution in [2.75, 3.05) is 0 Å². The van der Waals surface area contributed by atoms with Gasteiger partial charge in [0.25, 0.3) is 5.92 Å². The fourth-order valence-corrected chi connectivity index (χ4v) is 1.11. The van der Waals surface area contributed by atoms with Crippen LogP contribution >= 0.6 is 12.6 Å². The second kappa shape index (κ2) is 3.44. The van der Waals surface area contributed by atoms with Gasteiger partial charge >= 0.3 is 0 Å². The van der Waals surface area contributed by atoms with Crippen molar-refractivity contribution in [3.63, 3.8) is 0 Å². The monoisotopic (exact) mass is 188 g/mol. The van der Waals surface area contributed by atoms with Crippen LogP contribution in [0.3, 0.4) is 0 Å². The van der Waals surface area contributed by atoms with Gasteiger partial charge in [-0.15, -0.1) is 0 Å². The average molecular weight is 188 g/mol. The highest BCUT2D eigenvalue weighted by molar-refractivity contribution is 7.79. The molecule has 0 aliphatic rings. The first kappa shape index (κ1) is 9.52. The van der Waals surface area contributed by atoms with E-state index in [1.165, 1.54) is 12.1 Å². The third-order valence-corrected chi connectivity index (χ3v) is 2.01. The van der Waals surface area contributed by atoms with E-state index in [1.807, 2.05) is 0 Å². The number of hydrogen-bond donors (Lipinski definition) is 1. The van der Waals surface area contributed by atoms with E-state index in [2.05, 4.69) is 12.6 Å². The third kappa shape index (κ3) is 2.21. The van der Waals surface area contributed by atoms with E-state index >= 15 is 0 Å². The highest BCUT2D eigenvalue weighted by Gasteiger charge is 2.23. The molecule has 0 aromatic heterocycles. The maximum absolute atomic E-state index is 12.7. The van der Waals surface area contributed by atoms with Crippen molar-refractivity contribution in [3.05, 3.63) is 35.4 Å². The largest absolute Gasteiger partial charge is 0.270 e. The average Bonchev–Trinajstić information content (AvgIpc) is 2.03. The lowest BCUT2D eigenvalue weighted by Crippen LogP contribution is -2.06. The van der Waals surface area contributed by atoms with Crippen LogP contribution in [0, 0.1) is 0 Å². The molecule has 1 rings (SSSR count). The minimum atomic E-state index is -2.74. The van der Waals surface area contributed by atoms with E-state index in [4.69, 9.17) is 0 Å². The van der Waals surface area contributed by atoms with Crippen molar-refractivity contribution in [2.45, 2.75) is 18.6 Å². The van der Waals surface area contributed by atoms with Crippen LogP contribution in [0.25, 0.3) is 0 Å². The van der Waals surface area contributed by atoms with Crippen LogP contribution < -0.4 is 0 Å². The number of benzene rings is 1. The number of rotatable bonds is 2. The topological polar surface area (TPSA) is 0 Å². The van der Waals surface area contributed by atoms with Crippen LogP contribution in [0.15, 0.2) is 24.3 Å². The predicted octanol–water partition coefficient (Wildman–Crippen LogP) is 3.23. The van der Waals surface area contributed by atoms with Crippen molar-refractivity contribution in [2.24, 2.45) is 0 Å². The van der Waals surface area contributed by atoms with Crippen molar-refractivity contribution in [3.8, 4) is 0 Å². The second-order valence-corrected chi connectivity index (χ2v) is 3.06. The van der Waals surface area contributed by atoms with Gasteiger partial charge in [-0.05, 0) is 5.56 Å². The van der Waals surface area contributed by atoms with Crippen LogP contribution in [0.4, 0.5) is 8.78 Å². The molecular weight excluding hydrogens is 178 g/mol. The van der Waals surface area contributed by atoms with Crippen LogP contribution in [0.2, 0.25) is 0 Å². The summed E-state index contributed by atoms with van der Waals surface area (Å²) in [5, 5.41) is 0. The van der Waals surface area contributed by atoms with E-state index in [1.54, 1.807) is 12.1 Å². The van der Waals surface area contributed by atoms with Crippen molar-refractivity contribution < 1.29 is 8.78 Å². The Hall–Kier alpha value is -0.570. The fraction of sp³-hybridized carbons (Fsp3) is 0.333. The molecule has 0 aliphatic carbocycles. The molecule has 0 saturated carbocycles. The summed E-state index contributed by atoms with van der Waals surface area (Å²) >= 11 is 4.03. The molecule has 0 saturated heterocycles. The highest BCUT2D eigenvalue weighted by atomic mass is 32.1. The lowest BCUT2D eigenvalue weighted by Gasteiger charge is -2.10. The molecule has 0 amide bonds. The number of alkyl halides is 2. The molecule has 0 fully saturated rings. The molecule has 0 atom stereocenters. The molecular formula is C9H10F2S. The Balaban J connectivity index is 2.93. The van der Waals surface area contributed by atoms with E-state index in [9.17, 15) is 8.78 Å². The Bertz CT molecular complexity index is 248. The summed E-state index contributed by atoms with van der Waals surface area (Å²) in [5.74, 6) is -2.16. The molecule has 1 aromatic rings. The van der Waals surface area contributed by atoms with Crippen LogP contribution in [0.5, 0.6) is 0 Å². The third-order valence-electron chi connectivity index (χ3n) is 1.64. The van der Waals surface area contributed by atoms with Crippen LogP contribution in [-0.2, 0) is 11.7 Å². The molecule has 0 unspecified atom stereocenters. The quantitative estimate of drug-likeness (QED) is 0.677. The van der Waals surface area contributed by atoms with E-state index < -0.39 is 5.92 Å². The number of thiol groups is 1. The molecule has 66 valence electrons. The molecule has 12 heavy (non-hydrogen) atoms. The standard InChI is InChI=1S/C9H10F2S/c1-9(10,11)8-4-2-7(6-12)3-5-8/h2-5,12H,6H2,1H3. The molecule has 0 heterocycles. The van der Waals surface area contributed by atoms with E-state index in [-0.39, 0.29) is 5.56 Å². The zero-order valence-corrected chi connectivity index (χ0v) is 7.61. The number of halogens is 2. The van der Waals surface area contributed by atoms with Crippen molar-refractivity contribution in [1.82, 2.24) is 0 Å². The summed E-state index contributed by atoms with van der Waals surface area (Å²) in [6, 6.07) is 6.20. The minimum absolute atomic E-state index is 0.0491. The minimum Gasteiger partial charge on any atom is -0.202 e. The predicted molar refractivity (Wildman–Crippen MR) is 48.7 cm³/mol. The van der Waals surface area contributed by atoms with Gasteiger partial charge in [-0.2, -0.15) is 12.6 Å². The highest BCUT2D eigenvalue weighted by Crippen LogP contribution is 2.26. The van der Waals surface area contributed by atoms with Gasteiger partial charge in [-0.1, -0.05) is 24.3 Å². The Kier molecular flexibility index (Phi) is 2.73. The zero-order chi connectivity index (χ0) is 9.19. The van der Waals surface area contributed by atoms with E-state index in [0.717, 1.165) is 12.5 Å². The maximum atomic E-state index is 12.7. The van der Waals surface area contributed by atoms with Gasteiger partial charge < -0.3 is 0 Å². The summed E-state index contributed by atoms with van der Waals surface area (Å²) in [7, 11) is 0. The fourth-order valence-electron chi connectivity index (χ4n) is 0.903. The second-order valence-electron chi connectivity index (χ2n) is 2.74. The summed E-state index contributed by atoms with van der Waals surface area (Å²) in [5.41, 5.74) is 0.999. The molecule has 0 aliphatic heterocycles. The van der Waals surface area contributed by atoms with Crippen molar-refractivity contribution >= 4 is 12.6 Å². The van der Waals surface area contributed by atoms with Gasteiger partial charge in [0.05, 0.1) is 0 Å². The van der Waals surface area contributed by atoms with Crippen LogP contribution in [0.1, 0.15) is 18.1 Å². The smallest absolute Gasteiger partial charge is 0.202 e. The summed E-state index contributed by atoms with van der Waals surface area (Å²) in [6.45, 7) is 0.892. The van der Waals surface area contributed by atoms with Gasteiger partial charge in [-0.25, -0.2) is 8.78 Å². The SMILES string of the molecule is CC(F)(F)c1ccc(CS)cc1. The van der Waals surface area contributed by atoms with Gasteiger partial charge in [0.2, 0.25) is 0 Å². The van der Waals surface area contributed by atoms with Gasteiger partial charge in [0.15, 0.2) is 0 Å². The summed E-state index contributed by atoms with van der Waals surface area (Å²) in [6.07, 6.45) is 0. The Morgan fingerprint density at radius 2 is 1.75 bits per heavy atom. The Morgan fingerprint density at radius 3 is 2.08 bits per heavy atom. The molecule has 1 aromatic carbocycles. The van der Waals surface area contributed by atoms with Gasteiger partial charge in [0, 0.05) is 18.2 Å². The molecule has 0 bridgehead atoms. The first-order valence-corrected chi connectivity index (χ1v) is 4.25. The summed E-state index contributed by atoms with van der Waals surface area (Å²) < 4.78 is 25.3.